The Labute approximate surface area is 85.4 Å². The van der Waals surface area contributed by atoms with Crippen LogP contribution in [-0.2, 0) is 5.88 Å². The number of halogens is 2. The third-order valence-electron chi connectivity index (χ3n) is 1.70. The van der Waals surface area contributed by atoms with E-state index in [1.165, 1.54) is 12.1 Å². The maximum Gasteiger partial charge on any atom is 0.274 e. The summed E-state index contributed by atoms with van der Waals surface area (Å²) < 4.78 is 0. The largest absolute Gasteiger partial charge is 0.274 e. The highest BCUT2D eigenvalue weighted by molar-refractivity contribution is 6.31. The van der Waals surface area contributed by atoms with Crippen molar-refractivity contribution < 1.29 is 4.92 Å². The predicted octanol–water partition coefficient (Wildman–Crippen LogP) is 3.30. The van der Waals surface area contributed by atoms with Gasteiger partial charge in [-0.3, -0.25) is 10.1 Å². The van der Waals surface area contributed by atoms with E-state index in [1.54, 1.807) is 6.92 Å². The molecule has 0 heterocycles. The van der Waals surface area contributed by atoms with Crippen LogP contribution >= 0.6 is 23.2 Å². The highest BCUT2D eigenvalue weighted by atomic mass is 35.5. The average molecular weight is 220 g/mol. The number of nitrogens with zero attached hydrogens (tertiary/aromatic N) is 1. The van der Waals surface area contributed by atoms with Crippen molar-refractivity contribution in [2.75, 3.05) is 0 Å². The van der Waals surface area contributed by atoms with Gasteiger partial charge in [-0.1, -0.05) is 11.6 Å². The smallest absolute Gasteiger partial charge is 0.258 e. The van der Waals surface area contributed by atoms with Crippen LogP contribution in [0.3, 0.4) is 0 Å². The maximum atomic E-state index is 10.5. The van der Waals surface area contributed by atoms with Crippen LogP contribution in [0.4, 0.5) is 5.69 Å². The Balaban J connectivity index is 3.33. The summed E-state index contributed by atoms with van der Waals surface area (Å²) in [6.07, 6.45) is 0. The maximum absolute atomic E-state index is 10.5. The van der Waals surface area contributed by atoms with Crippen LogP contribution in [-0.4, -0.2) is 4.92 Å². The minimum absolute atomic E-state index is 0.0249. The zero-order chi connectivity index (χ0) is 10.0. The van der Waals surface area contributed by atoms with E-state index in [2.05, 4.69) is 0 Å². The summed E-state index contributed by atoms with van der Waals surface area (Å²) in [6.45, 7) is 1.72. The summed E-state index contributed by atoms with van der Waals surface area (Å²) in [7, 11) is 0. The molecule has 0 unspecified atom stereocenters. The number of aryl methyl sites for hydroxylation is 1. The molecule has 0 radical (unpaired) electrons. The molecular formula is C8H7Cl2NO2. The number of benzene rings is 1. The third-order valence-corrected chi connectivity index (χ3v) is 2.40. The summed E-state index contributed by atoms with van der Waals surface area (Å²) in [5.74, 6) is 0.0936. The highest BCUT2D eigenvalue weighted by Crippen LogP contribution is 2.27. The van der Waals surface area contributed by atoms with Crippen molar-refractivity contribution >= 4 is 28.9 Å². The molecule has 70 valence electrons. The molecule has 0 fully saturated rings. The van der Waals surface area contributed by atoms with Gasteiger partial charge in [0.05, 0.1) is 10.8 Å². The van der Waals surface area contributed by atoms with E-state index in [-0.39, 0.29) is 11.6 Å². The fourth-order valence-corrected chi connectivity index (χ4v) is 1.38. The molecule has 0 bridgehead atoms. The standard InChI is InChI=1S/C8H7Cl2NO2/c1-5-2-8(11(12)13)6(4-9)3-7(5)10/h2-3H,4H2,1H3. The third kappa shape index (κ3) is 2.11. The van der Waals surface area contributed by atoms with Crippen molar-refractivity contribution in [1.82, 2.24) is 0 Å². The lowest BCUT2D eigenvalue weighted by molar-refractivity contribution is -0.385. The zero-order valence-corrected chi connectivity index (χ0v) is 8.39. The Morgan fingerprint density at radius 1 is 1.54 bits per heavy atom. The van der Waals surface area contributed by atoms with E-state index in [4.69, 9.17) is 23.2 Å². The van der Waals surface area contributed by atoms with Crippen molar-refractivity contribution in [3.05, 3.63) is 38.4 Å². The summed E-state index contributed by atoms with van der Waals surface area (Å²) in [4.78, 5) is 10.1. The molecule has 1 aromatic carbocycles. The number of hydrogen-bond donors (Lipinski definition) is 0. The molecule has 0 aromatic heterocycles. The molecule has 13 heavy (non-hydrogen) atoms. The number of hydrogen-bond acceptors (Lipinski definition) is 2. The first-order chi connectivity index (χ1) is 6.06. The highest BCUT2D eigenvalue weighted by Gasteiger charge is 2.14. The van der Waals surface area contributed by atoms with Crippen LogP contribution in [0.5, 0.6) is 0 Å². The van der Waals surface area contributed by atoms with Gasteiger partial charge in [-0.25, -0.2) is 0 Å². The number of alkyl halides is 1. The first-order valence-electron chi connectivity index (χ1n) is 3.55. The quantitative estimate of drug-likeness (QED) is 0.436. The van der Waals surface area contributed by atoms with E-state index in [1.807, 2.05) is 0 Å². The zero-order valence-electron chi connectivity index (χ0n) is 6.88. The molecule has 0 spiro atoms. The molecule has 0 saturated heterocycles. The van der Waals surface area contributed by atoms with Crippen LogP contribution in [0.25, 0.3) is 0 Å². The molecule has 0 aliphatic heterocycles. The van der Waals surface area contributed by atoms with Gasteiger partial charge in [0.1, 0.15) is 0 Å². The van der Waals surface area contributed by atoms with Crippen molar-refractivity contribution in [2.45, 2.75) is 12.8 Å². The Morgan fingerprint density at radius 2 is 2.15 bits per heavy atom. The Hall–Kier alpha value is -0.800. The minimum atomic E-state index is -0.457. The number of nitro benzene ring substituents is 1. The second-order valence-corrected chi connectivity index (χ2v) is 3.30. The van der Waals surface area contributed by atoms with Gasteiger partial charge in [0.25, 0.3) is 5.69 Å². The summed E-state index contributed by atoms with van der Waals surface area (Å²) in [5, 5.41) is 11.0. The molecule has 5 heteroatoms. The molecule has 3 nitrogen and oxygen atoms in total. The molecular weight excluding hydrogens is 213 g/mol. The normalized spacial score (nSPS) is 10.1. The Kier molecular flexibility index (Phi) is 3.12. The van der Waals surface area contributed by atoms with Crippen molar-refractivity contribution in [2.24, 2.45) is 0 Å². The SMILES string of the molecule is Cc1cc([N+](=O)[O-])c(CCl)cc1Cl. The van der Waals surface area contributed by atoms with Gasteiger partial charge < -0.3 is 0 Å². The van der Waals surface area contributed by atoms with E-state index < -0.39 is 4.92 Å². The van der Waals surface area contributed by atoms with E-state index in [0.29, 0.717) is 16.1 Å². The fourth-order valence-electron chi connectivity index (χ4n) is 0.984. The second-order valence-electron chi connectivity index (χ2n) is 2.62. The summed E-state index contributed by atoms with van der Waals surface area (Å²) >= 11 is 11.3. The van der Waals surface area contributed by atoms with Crippen LogP contribution < -0.4 is 0 Å². The first-order valence-corrected chi connectivity index (χ1v) is 4.47. The summed E-state index contributed by atoms with van der Waals surface area (Å²) in [5.41, 5.74) is 1.15. The first kappa shape index (κ1) is 10.3. The van der Waals surface area contributed by atoms with Crippen LogP contribution in [0.2, 0.25) is 5.02 Å². The van der Waals surface area contributed by atoms with Gasteiger partial charge in [0.2, 0.25) is 0 Å². The number of nitro groups is 1. The van der Waals surface area contributed by atoms with Gasteiger partial charge in [-0.05, 0) is 18.6 Å². The van der Waals surface area contributed by atoms with E-state index >= 15 is 0 Å². The minimum Gasteiger partial charge on any atom is -0.258 e. The van der Waals surface area contributed by atoms with Crippen LogP contribution in [0.15, 0.2) is 12.1 Å². The van der Waals surface area contributed by atoms with Crippen molar-refractivity contribution in [1.29, 1.82) is 0 Å². The van der Waals surface area contributed by atoms with Gasteiger partial charge in [-0.15, -0.1) is 11.6 Å². The van der Waals surface area contributed by atoms with E-state index in [9.17, 15) is 10.1 Å². The fraction of sp³-hybridized carbons (Fsp3) is 0.250. The molecule has 0 amide bonds. The Bertz CT molecular complexity index is 352. The molecule has 0 aliphatic rings. The molecule has 0 N–H and O–H groups in total. The van der Waals surface area contributed by atoms with Crippen LogP contribution in [0, 0.1) is 17.0 Å². The molecule has 0 atom stereocenters. The molecule has 1 rings (SSSR count). The molecule has 0 aliphatic carbocycles. The lowest BCUT2D eigenvalue weighted by Crippen LogP contribution is -1.94. The second kappa shape index (κ2) is 3.94. The number of rotatable bonds is 2. The van der Waals surface area contributed by atoms with Gasteiger partial charge in [0, 0.05) is 16.7 Å². The van der Waals surface area contributed by atoms with E-state index in [0.717, 1.165) is 0 Å². The Morgan fingerprint density at radius 3 is 2.62 bits per heavy atom. The van der Waals surface area contributed by atoms with Gasteiger partial charge in [0.15, 0.2) is 0 Å². The van der Waals surface area contributed by atoms with Crippen molar-refractivity contribution in [3.8, 4) is 0 Å². The van der Waals surface area contributed by atoms with Gasteiger partial charge >= 0.3 is 0 Å². The predicted molar refractivity (Wildman–Crippen MR) is 52.4 cm³/mol. The van der Waals surface area contributed by atoms with Crippen LogP contribution in [0.1, 0.15) is 11.1 Å². The lowest BCUT2D eigenvalue weighted by Gasteiger charge is -2.02. The monoisotopic (exact) mass is 219 g/mol. The average Bonchev–Trinajstić information content (AvgIpc) is 2.08. The summed E-state index contributed by atoms with van der Waals surface area (Å²) in [6, 6.07) is 2.96. The van der Waals surface area contributed by atoms with Crippen molar-refractivity contribution in [3.63, 3.8) is 0 Å². The molecule has 1 aromatic rings. The molecule has 0 saturated carbocycles. The lowest BCUT2D eigenvalue weighted by atomic mass is 10.1. The topological polar surface area (TPSA) is 43.1 Å². The van der Waals surface area contributed by atoms with Gasteiger partial charge in [-0.2, -0.15) is 0 Å².